The Labute approximate surface area is 142 Å². The van der Waals surface area contributed by atoms with Gasteiger partial charge in [0.1, 0.15) is 6.73 Å². The molecule has 1 fully saturated rings. The monoisotopic (exact) mass is 357 g/mol. The lowest BCUT2D eigenvalue weighted by molar-refractivity contribution is -0.120. The molecule has 0 saturated heterocycles. The first-order valence-electron chi connectivity index (χ1n) is 8.00. The van der Waals surface area contributed by atoms with Gasteiger partial charge in [-0.3, -0.25) is 9.52 Å². The molecule has 0 bridgehead atoms. The largest absolute Gasteiger partial charge is 0.427 e. The summed E-state index contributed by atoms with van der Waals surface area (Å²) in [5.41, 5.74) is 0.391. The lowest BCUT2D eigenvalue weighted by atomic mass is 9.98. The van der Waals surface area contributed by atoms with Gasteiger partial charge in [0.25, 0.3) is 6.47 Å². The summed E-state index contributed by atoms with van der Waals surface area (Å²) in [6, 6.07) is 1.50. The van der Waals surface area contributed by atoms with Crippen molar-refractivity contribution in [3.63, 3.8) is 0 Å². The maximum atomic E-state index is 11.8. The van der Waals surface area contributed by atoms with Crippen molar-refractivity contribution in [3.8, 4) is 5.75 Å². The standard InChI is InChI=1S/C15H23N3O5S/c1-2-24(20,21)18-15-14(8-13(9-16-15)23-11-19)17-10-22-12-6-4-3-5-7-12/h8-9,11-12,17H,2-7,10H2,1H3,(H,16,18). The maximum absolute atomic E-state index is 11.8. The molecule has 1 aromatic heterocycles. The summed E-state index contributed by atoms with van der Waals surface area (Å²) in [5.74, 6) is 0.284. The average molecular weight is 357 g/mol. The average Bonchev–Trinajstić information content (AvgIpc) is 2.58. The van der Waals surface area contributed by atoms with Crippen molar-refractivity contribution in [2.45, 2.75) is 45.1 Å². The molecule has 0 aromatic carbocycles. The normalized spacial score (nSPS) is 15.7. The van der Waals surface area contributed by atoms with Gasteiger partial charge in [0.15, 0.2) is 11.6 Å². The molecule has 1 aromatic rings. The van der Waals surface area contributed by atoms with Gasteiger partial charge in [-0.05, 0) is 19.8 Å². The van der Waals surface area contributed by atoms with E-state index in [0.717, 1.165) is 25.7 Å². The van der Waals surface area contributed by atoms with Crippen LogP contribution in [-0.4, -0.2) is 38.5 Å². The minimum atomic E-state index is -3.47. The molecule has 0 spiro atoms. The third-order valence-corrected chi connectivity index (χ3v) is 5.08. The second-order valence-electron chi connectivity index (χ2n) is 5.53. The number of hydrogen-bond acceptors (Lipinski definition) is 7. The lowest BCUT2D eigenvalue weighted by Gasteiger charge is -2.22. The topological polar surface area (TPSA) is 107 Å². The van der Waals surface area contributed by atoms with Gasteiger partial charge in [-0.2, -0.15) is 0 Å². The Bertz CT molecular complexity index is 645. The zero-order chi connectivity index (χ0) is 17.4. The van der Waals surface area contributed by atoms with E-state index in [4.69, 9.17) is 9.47 Å². The quantitative estimate of drug-likeness (QED) is 0.515. The van der Waals surface area contributed by atoms with E-state index in [1.54, 1.807) is 0 Å². The number of carbonyl (C=O) groups excluding carboxylic acids is 1. The van der Waals surface area contributed by atoms with Gasteiger partial charge in [-0.25, -0.2) is 13.4 Å². The van der Waals surface area contributed by atoms with Crippen molar-refractivity contribution in [3.05, 3.63) is 12.3 Å². The van der Waals surface area contributed by atoms with Crippen LogP contribution in [0.25, 0.3) is 0 Å². The molecule has 1 saturated carbocycles. The molecule has 2 rings (SSSR count). The van der Waals surface area contributed by atoms with Crippen LogP contribution in [-0.2, 0) is 19.6 Å². The predicted octanol–water partition coefficient (Wildman–Crippen LogP) is 2.10. The summed E-state index contributed by atoms with van der Waals surface area (Å²) < 4.78 is 36.4. The summed E-state index contributed by atoms with van der Waals surface area (Å²) >= 11 is 0. The van der Waals surface area contributed by atoms with Crippen molar-refractivity contribution in [2.75, 3.05) is 22.5 Å². The van der Waals surface area contributed by atoms with Gasteiger partial charge >= 0.3 is 0 Å². The summed E-state index contributed by atoms with van der Waals surface area (Å²) in [4.78, 5) is 14.5. The second-order valence-corrected chi connectivity index (χ2v) is 7.55. The van der Waals surface area contributed by atoms with Gasteiger partial charge in [-0.15, -0.1) is 0 Å². The van der Waals surface area contributed by atoms with Crippen LogP contribution in [0.3, 0.4) is 0 Å². The van der Waals surface area contributed by atoms with Crippen LogP contribution in [0.5, 0.6) is 5.75 Å². The third-order valence-electron chi connectivity index (χ3n) is 3.81. The number of pyridine rings is 1. The number of carbonyl (C=O) groups is 1. The van der Waals surface area contributed by atoms with Gasteiger partial charge in [-0.1, -0.05) is 19.3 Å². The minimum Gasteiger partial charge on any atom is -0.427 e. The van der Waals surface area contributed by atoms with E-state index in [0.29, 0.717) is 5.69 Å². The number of aromatic nitrogens is 1. The van der Waals surface area contributed by atoms with Crippen LogP contribution in [0.4, 0.5) is 11.5 Å². The fourth-order valence-electron chi connectivity index (χ4n) is 2.47. The van der Waals surface area contributed by atoms with Crippen LogP contribution < -0.4 is 14.8 Å². The highest BCUT2D eigenvalue weighted by Gasteiger charge is 2.16. The number of sulfonamides is 1. The van der Waals surface area contributed by atoms with Gasteiger partial charge < -0.3 is 14.8 Å². The van der Waals surface area contributed by atoms with Crippen molar-refractivity contribution in [1.82, 2.24) is 4.98 Å². The maximum Gasteiger partial charge on any atom is 0.298 e. The smallest absolute Gasteiger partial charge is 0.298 e. The van der Waals surface area contributed by atoms with Crippen LogP contribution in [0.2, 0.25) is 0 Å². The molecular formula is C15H23N3O5S. The fraction of sp³-hybridized carbons (Fsp3) is 0.600. The second kappa shape index (κ2) is 8.84. The summed E-state index contributed by atoms with van der Waals surface area (Å²) in [6.45, 7) is 2.04. The van der Waals surface area contributed by atoms with E-state index in [9.17, 15) is 13.2 Å². The lowest BCUT2D eigenvalue weighted by Crippen LogP contribution is -2.21. The Hall–Kier alpha value is -1.87. The first kappa shape index (κ1) is 18.5. The van der Waals surface area contributed by atoms with Gasteiger partial charge in [0, 0.05) is 6.07 Å². The first-order chi connectivity index (χ1) is 11.5. The molecule has 24 heavy (non-hydrogen) atoms. The van der Waals surface area contributed by atoms with Gasteiger partial charge in [0.2, 0.25) is 10.0 Å². The Morgan fingerprint density at radius 3 is 2.75 bits per heavy atom. The molecule has 0 aliphatic heterocycles. The molecule has 8 nitrogen and oxygen atoms in total. The van der Waals surface area contributed by atoms with Crippen LogP contribution >= 0.6 is 0 Å². The first-order valence-corrected chi connectivity index (χ1v) is 9.65. The van der Waals surface area contributed by atoms with Crippen LogP contribution in [0.15, 0.2) is 12.3 Å². The molecule has 9 heteroatoms. The molecule has 1 heterocycles. The zero-order valence-corrected chi connectivity index (χ0v) is 14.5. The fourth-order valence-corrected chi connectivity index (χ4v) is 3.07. The molecule has 0 atom stereocenters. The van der Waals surface area contributed by atoms with E-state index in [-0.39, 0.29) is 36.6 Å². The SMILES string of the molecule is CCS(=O)(=O)Nc1ncc(OC=O)cc1NCOC1CCCCC1. The summed E-state index contributed by atoms with van der Waals surface area (Å²) in [7, 11) is -3.47. The highest BCUT2D eigenvalue weighted by Crippen LogP contribution is 2.26. The summed E-state index contributed by atoms with van der Waals surface area (Å²) in [6.07, 6.45) is 7.12. The number of rotatable bonds is 9. The van der Waals surface area contributed by atoms with Crippen molar-refractivity contribution < 1.29 is 22.7 Å². The van der Waals surface area contributed by atoms with Crippen molar-refractivity contribution in [1.29, 1.82) is 0 Å². The molecule has 134 valence electrons. The van der Waals surface area contributed by atoms with E-state index in [1.807, 2.05) is 0 Å². The van der Waals surface area contributed by atoms with Crippen molar-refractivity contribution in [2.24, 2.45) is 0 Å². The van der Waals surface area contributed by atoms with Crippen LogP contribution in [0, 0.1) is 0 Å². The molecule has 0 amide bonds. The molecule has 1 aliphatic rings. The summed E-state index contributed by atoms with van der Waals surface area (Å²) in [5, 5.41) is 3.00. The highest BCUT2D eigenvalue weighted by atomic mass is 32.2. The van der Waals surface area contributed by atoms with Crippen molar-refractivity contribution >= 4 is 28.0 Å². The molecule has 2 N–H and O–H groups in total. The van der Waals surface area contributed by atoms with E-state index in [1.165, 1.54) is 25.6 Å². The minimum absolute atomic E-state index is 0.0702. The van der Waals surface area contributed by atoms with E-state index >= 15 is 0 Å². The van der Waals surface area contributed by atoms with E-state index < -0.39 is 10.0 Å². The Morgan fingerprint density at radius 2 is 2.08 bits per heavy atom. The predicted molar refractivity (Wildman–Crippen MR) is 90.5 cm³/mol. The number of ether oxygens (including phenoxy) is 2. The molecule has 0 unspecified atom stereocenters. The van der Waals surface area contributed by atoms with Gasteiger partial charge in [0.05, 0.1) is 23.7 Å². The third kappa shape index (κ3) is 5.64. The van der Waals surface area contributed by atoms with E-state index in [2.05, 4.69) is 15.0 Å². The molecule has 1 aliphatic carbocycles. The number of nitrogens with zero attached hydrogens (tertiary/aromatic N) is 1. The molecule has 0 radical (unpaired) electrons. The Morgan fingerprint density at radius 1 is 1.33 bits per heavy atom. The Balaban J connectivity index is 2.05. The highest BCUT2D eigenvalue weighted by molar-refractivity contribution is 7.92. The Kier molecular flexibility index (Phi) is 6.80. The number of nitrogens with one attached hydrogen (secondary N) is 2. The van der Waals surface area contributed by atoms with Crippen LogP contribution in [0.1, 0.15) is 39.0 Å². The number of hydrogen-bond donors (Lipinski definition) is 2. The number of anilines is 2. The molecular weight excluding hydrogens is 334 g/mol. The zero-order valence-electron chi connectivity index (χ0n) is 13.7.